The molecule has 1 fully saturated rings. The highest BCUT2D eigenvalue weighted by Gasteiger charge is 2.34. The molecule has 0 atom stereocenters. The maximum Gasteiger partial charge on any atom is 0.314 e. The molecular formula is C20H23BrN2O4S. The van der Waals surface area contributed by atoms with Crippen LogP contribution in [0.2, 0.25) is 0 Å². The molecule has 0 saturated carbocycles. The van der Waals surface area contributed by atoms with Crippen molar-refractivity contribution in [2.24, 2.45) is 5.92 Å². The number of aryl methyl sites for hydroxylation is 3. The summed E-state index contributed by atoms with van der Waals surface area (Å²) in [5, 5.41) is 0. The maximum absolute atomic E-state index is 13.1. The van der Waals surface area contributed by atoms with Crippen molar-refractivity contribution in [3.63, 3.8) is 0 Å². The normalized spacial score (nSPS) is 16.1. The zero-order chi connectivity index (χ0) is 20.5. The van der Waals surface area contributed by atoms with Gasteiger partial charge in [-0.05, 0) is 72.8 Å². The van der Waals surface area contributed by atoms with Gasteiger partial charge in [0.25, 0.3) is 0 Å². The van der Waals surface area contributed by atoms with Crippen LogP contribution < -0.4 is 4.74 Å². The largest absolute Gasteiger partial charge is 0.423 e. The fourth-order valence-electron chi connectivity index (χ4n) is 3.67. The summed E-state index contributed by atoms with van der Waals surface area (Å²) in [6.07, 6.45) is 2.46. The van der Waals surface area contributed by atoms with Gasteiger partial charge in [0.05, 0.1) is 10.8 Å². The van der Waals surface area contributed by atoms with E-state index >= 15 is 0 Å². The van der Waals surface area contributed by atoms with Gasteiger partial charge in [-0.25, -0.2) is 13.4 Å². The van der Waals surface area contributed by atoms with Gasteiger partial charge < -0.3 is 4.74 Å². The first kappa shape index (κ1) is 21.0. The number of aromatic nitrogens is 1. The maximum atomic E-state index is 13.1. The molecule has 3 rings (SSSR count). The molecule has 150 valence electrons. The van der Waals surface area contributed by atoms with Gasteiger partial charge in [0.15, 0.2) is 5.75 Å². The van der Waals surface area contributed by atoms with Crippen LogP contribution in [-0.4, -0.2) is 36.8 Å². The lowest BCUT2D eigenvalue weighted by Gasteiger charge is -2.31. The molecule has 1 aliphatic heterocycles. The highest BCUT2D eigenvalue weighted by molar-refractivity contribution is 9.10. The molecule has 8 heteroatoms. The van der Waals surface area contributed by atoms with Crippen LogP contribution in [0, 0.1) is 26.7 Å². The molecule has 0 radical (unpaired) electrons. The number of benzene rings is 1. The van der Waals surface area contributed by atoms with Crippen molar-refractivity contribution in [3.05, 3.63) is 51.8 Å². The van der Waals surface area contributed by atoms with Gasteiger partial charge in [-0.3, -0.25) is 4.79 Å². The van der Waals surface area contributed by atoms with Gasteiger partial charge in [0.1, 0.15) is 4.60 Å². The lowest BCUT2D eigenvalue weighted by atomic mass is 9.98. The number of hydrogen-bond acceptors (Lipinski definition) is 5. The van der Waals surface area contributed by atoms with Gasteiger partial charge in [-0.1, -0.05) is 17.7 Å². The predicted octanol–water partition coefficient (Wildman–Crippen LogP) is 3.78. The summed E-state index contributed by atoms with van der Waals surface area (Å²) in [6.45, 7) is 6.19. The quantitative estimate of drug-likeness (QED) is 0.506. The average Bonchev–Trinajstić information content (AvgIpc) is 2.62. The molecule has 2 heterocycles. The van der Waals surface area contributed by atoms with Crippen LogP contribution >= 0.6 is 15.9 Å². The summed E-state index contributed by atoms with van der Waals surface area (Å²) in [7, 11) is -3.59. The van der Waals surface area contributed by atoms with E-state index in [1.807, 2.05) is 32.9 Å². The summed E-state index contributed by atoms with van der Waals surface area (Å²) < 4.78 is 33.7. The number of ether oxygens (including phenoxy) is 1. The van der Waals surface area contributed by atoms with Crippen molar-refractivity contribution in [2.45, 2.75) is 38.5 Å². The first-order valence-corrected chi connectivity index (χ1v) is 11.3. The van der Waals surface area contributed by atoms with E-state index in [0.29, 0.717) is 41.2 Å². The van der Waals surface area contributed by atoms with Crippen LogP contribution in [0.4, 0.5) is 0 Å². The molecule has 0 bridgehead atoms. The van der Waals surface area contributed by atoms with Crippen molar-refractivity contribution < 1.29 is 17.9 Å². The van der Waals surface area contributed by atoms with Gasteiger partial charge in [-0.2, -0.15) is 4.31 Å². The summed E-state index contributed by atoms with van der Waals surface area (Å²) in [6, 6.07) is 7.12. The highest BCUT2D eigenvalue weighted by Crippen LogP contribution is 2.30. The summed E-state index contributed by atoms with van der Waals surface area (Å²) in [4.78, 5) is 16.9. The number of sulfonamides is 1. The third-order valence-corrected chi connectivity index (χ3v) is 7.73. The van der Waals surface area contributed by atoms with Gasteiger partial charge >= 0.3 is 5.97 Å². The van der Waals surface area contributed by atoms with Crippen LogP contribution in [0.15, 0.2) is 40.0 Å². The van der Waals surface area contributed by atoms with Crippen LogP contribution in [0.1, 0.15) is 29.5 Å². The number of nitrogens with zero attached hydrogens (tertiary/aromatic N) is 2. The topological polar surface area (TPSA) is 76.6 Å². The molecule has 1 aromatic heterocycles. The Hall–Kier alpha value is -1.77. The fourth-order valence-corrected chi connectivity index (χ4v) is 5.89. The zero-order valence-electron chi connectivity index (χ0n) is 16.1. The number of halogens is 1. The predicted molar refractivity (Wildman–Crippen MR) is 110 cm³/mol. The molecule has 0 spiro atoms. The molecule has 0 amide bonds. The number of carbonyl (C=O) groups is 1. The summed E-state index contributed by atoms with van der Waals surface area (Å²) >= 11 is 3.25. The van der Waals surface area contributed by atoms with E-state index in [1.165, 1.54) is 4.31 Å². The van der Waals surface area contributed by atoms with E-state index in [-0.39, 0.29) is 11.9 Å². The van der Waals surface area contributed by atoms with Crippen LogP contribution in [0.25, 0.3) is 0 Å². The van der Waals surface area contributed by atoms with E-state index < -0.39 is 10.0 Å². The Labute approximate surface area is 174 Å². The number of pyridine rings is 1. The van der Waals surface area contributed by atoms with Gasteiger partial charge in [0.2, 0.25) is 10.0 Å². The molecule has 1 aromatic carbocycles. The molecule has 28 heavy (non-hydrogen) atoms. The Kier molecular flexibility index (Phi) is 6.21. The molecule has 6 nitrogen and oxygen atoms in total. The lowest BCUT2D eigenvalue weighted by molar-refractivity contribution is -0.140. The van der Waals surface area contributed by atoms with Gasteiger partial charge in [-0.15, -0.1) is 0 Å². The summed E-state index contributed by atoms with van der Waals surface area (Å²) in [5.41, 5.74) is 2.54. The van der Waals surface area contributed by atoms with E-state index in [4.69, 9.17) is 4.74 Å². The molecule has 2 aromatic rings. The molecule has 0 unspecified atom stereocenters. The smallest absolute Gasteiger partial charge is 0.314 e. The number of esters is 1. The van der Waals surface area contributed by atoms with Crippen LogP contribution in [-0.2, 0) is 14.8 Å². The standard InChI is InChI=1S/C20H23BrN2O4S/c1-13-11-14(2)18(15(3)12-13)28(25,26)23-9-6-16(7-10-23)20(24)27-17-5-4-8-22-19(17)21/h4-5,8,11-12,16H,6-7,9-10H2,1-3H3. The Morgan fingerprint density at radius 2 is 1.79 bits per heavy atom. The van der Waals surface area contributed by atoms with E-state index in [1.54, 1.807) is 18.3 Å². The molecular weight excluding hydrogens is 444 g/mol. The van der Waals surface area contributed by atoms with Crippen molar-refractivity contribution in [3.8, 4) is 5.75 Å². The number of piperidine rings is 1. The second-order valence-electron chi connectivity index (χ2n) is 7.12. The zero-order valence-corrected chi connectivity index (χ0v) is 18.5. The third-order valence-electron chi connectivity index (χ3n) is 4.93. The highest BCUT2D eigenvalue weighted by atomic mass is 79.9. The first-order valence-electron chi connectivity index (χ1n) is 9.10. The van der Waals surface area contributed by atoms with Crippen LogP contribution in [0.5, 0.6) is 5.75 Å². The monoisotopic (exact) mass is 466 g/mol. The van der Waals surface area contributed by atoms with Crippen molar-refractivity contribution in [1.29, 1.82) is 0 Å². The Morgan fingerprint density at radius 3 is 2.36 bits per heavy atom. The van der Waals surface area contributed by atoms with E-state index in [9.17, 15) is 13.2 Å². The Balaban J connectivity index is 1.70. The minimum atomic E-state index is -3.59. The van der Waals surface area contributed by atoms with Crippen molar-refractivity contribution >= 4 is 31.9 Å². The number of carbonyl (C=O) groups excluding carboxylic acids is 1. The Morgan fingerprint density at radius 1 is 1.18 bits per heavy atom. The average molecular weight is 467 g/mol. The molecule has 1 aliphatic rings. The van der Waals surface area contributed by atoms with E-state index in [2.05, 4.69) is 20.9 Å². The first-order chi connectivity index (χ1) is 13.2. The van der Waals surface area contributed by atoms with Crippen LogP contribution in [0.3, 0.4) is 0 Å². The Bertz CT molecular complexity index is 976. The lowest BCUT2D eigenvalue weighted by Crippen LogP contribution is -2.41. The van der Waals surface area contributed by atoms with Crippen molar-refractivity contribution in [1.82, 2.24) is 9.29 Å². The molecule has 0 aliphatic carbocycles. The van der Waals surface area contributed by atoms with E-state index in [0.717, 1.165) is 16.7 Å². The number of rotatable bonds is 4. The molecule has 0 N–H and O–H groups in total. The fraction of sp³-hybridized carbons (Fsp3) is 0.400. The third kappa shape index (κ3) is 4.29. The number of hydrogen-bond donors (Lipinski definition) is 0. The second-order valence-corrected chi connectivity index (χ2v) is 9.75. The second kappa shape index (κ2) is 8.31. The molecule has 1 saturated heterocycles. The minimum absolute atomic E-state index is 0.295. The van der Waals surface area contributed by atoms with Gasteiger partial charge in [0, 0.05) is 19.3 Å². The summed E-state index contributed by atoms with van der Waals surface area (Å²) in [5.74, 6) is -0.319. The minimum Gasteiger partial charge on any atom is -0.423 e. The van der Waals surface area contributed by atoms with Crippen molar-refractivity contribution in [2.75, 3.05) is 13.1 Å². The SMILES string of the molecule is Cc1cc(C)c(S(=O)(=O)N2CCC(C(=O)Oc3cccnc3Br)CC2)c(C)c1.